The monoisotopic (exact) mass is 250 g/mol. The maximum absolute atomic E-state index is 10.4. The van der Waals surface area contributed by atoms with Crippen LogP contribution in [0.5, 0.6) is 0 Å². The molecule has 0 saturated carbocycles. The van der Waals surface area contributed by atoms with Gasteiger partial charge in [-0.15, -0.1) is 11.8 Å². The minimum absolute atomic E-state index is 0.235. The van der Waals surface area contributed by atoms with Gasteiger partial charge in [-0.05, 0) is 18.2 Å². The average molecular weight is 250 g/mol. The zero-order chi connectivity index (χ0) is 12.3. The van der Waals surface area contributed by atoms with E-state index in [2.05, 4.69) is 0 Å². The summed E-state index contributed by atoms with van der Waals surface area (Å²) in [5, 5.41) is 10.4. The van der Waals surface area contributed by atoms with E-state index < -0.39 is 4.92 Å². The molecule has 0 fully saturated rings. The highest BCUT2D eigenvalue weighted by Gasteiger charge is 2.12. The van der Waals surface area contributed by atoms with E-state index in [1.165, 1.54) is 17.8 Å². The molecule has 2 N–H and O–H groups in total. The molecule has 5 nitrogen and oxygen atoms in total. The summed E-state index contributed by atoms with van der Waals surface area (Å²) in [6.07, 6.45) is 0. The Labute approximate surface area is 102 Å². The number of nitrogen functional groups attached to an aromatic ring is 1. The Morgan fingerprint density at radius 1 is 1.29 bits per heavy atom. The second-order valence-corrected chi connectivity index (χ2v) is 4.34. The van der Waals surface area contributed by atoms with Gasteiger partial charge in [0, 0.05) is 10.6 Å². The van der Waals surface area contributed by atoms with Gasteiger partial charge in [0.05, 0.1) is 11.8 Å². The summed E-state index contributed by atoms with van der Waals surface area (Å²) in [4.78, 5) is 10.8. The minimum Gasteiger partial charge on any atom is -0.405 e. The Bertz CT molecular complexity index is 539. The van der Waals surface area contributed by atoms with Gasteiger partial charge >= 0.3 is 5.88 Å². The maximum atomic E-state index is 10.4. The number of anilines is 1. The molecule has 2 aromatic rings. The standard InChI is InChI=1S/C11H10N2O3S/c12-9-3-1-2-4-10(9)17-7-8-5-6-11(16-8)13(14)15/h1-6H,7,12H2. The van der Waals surface area contributed by atoms with Crippen molar-refractivity contribution in [2.75, 3.05) is 5.73 Å². The van der Waals surface area contributed by atoms with Gasteiger partial charge in [0.1, 0.15) is 10.7 Å². The van der Waals surface area contributed by atoms with Gasteiger partial charge in [-0.25, -0.2) is 0 Å². The van der Waals surface area contributed by atoms with E-state index in [-0.39, 0.29) is 5.88 Å². The second-order valence-electron chi connectivity index (χ2n) is 3.32. The lowest BCUT2D eigenvalue weighted by molar-refractivity contribution is -0.402. The Kier molecular flexibility index (Phi) is 3.34. The molecule has 17 heavy (non-hydrogen) atoms. The summed E-state index contributed by atoms with van der Waals surface area (Å²) < 4.78 is 5.05. The van der Waals surface area contributed by atoms with Crippen molar-refractivity contribution in [1.82, 2.24) is 0 Å². The molecule has 0 aliphatic rings. The van der Waals surface area contributed by atoms with Crippen LogP contribution in [0.3, 0.4) is 0 Å². The van der Waals surface area contributed by atoms with Gasteiger partial charge in [0.25, 0.3) is 0 Å². The highest BCUT2D eigenvalue weighted by Crippen LogP contribution is 2.29. The topological polar surface area (TPSA) is 82.3 Å². The first kappa shape index (κ1) is 11.5. The molecule has 0 amide bonds. The van der Waals surface area contributed by atoms with Gasteiger partial charge in [0.2, 0.25) is 0 Å². The number of furan rings is 1. The number of nitrogens with zero attached hydrogens (tertiary/aromatic N) is 1. The van der Waals surface area contributed by atoms with E-state index >= 15 is 0 Å². The fourth-order valence-electron chi connectivity index (χ4n) is 1.30. The Balaban J connectivity index is 2.02. The molecule has 1 heterocycles. The maximum Gasteiger partial charge on any atom is 0.433 e. The van der Waals surface area contributed by atoms with Crippen LogP contribution in [-0.2, 0) is 5.75 Å². The van der Waals surface area contributed by atoms with Gasteiger partial charge < -0.3 is 10.2 Å². The third kappa shape index (κ3) is 2.79. The molecule has 1 aromatic heterocycles. The fourth-order valence-corrected chi connectivity index (χ4v) is 2.17. The molecule has 2 rings (SSSR count). The lowest BCUT2D eigenvalue weighted by Gasteiger charge is -2.02. The van der Waals surface area contributed by atoms with E-state index in [4.69, 9.17) is 10.2 Å². The molecule has 0 unspecified atom stereocenters. The van der Waals surface area contributed by atoms with Crippen LogP contribution >= 0.6 is 11.8 Å². The first-order valence-corrected chi connectivity index (χ1v) is 5.86. The van der Waals surface area contributed by atoms with Crippen LogP contribution in [0, 0.1) is 10.1 Å². The number of thioether (sulfide) groups is 1. The SMILES string of the molecule is Nc1ccccc1SCc1ccc([N+](=O)[O-])o1. The third-order valence-corrected chi connectivity index (χ3v) is 3.23. The third-order valence-electron chi connectivity index (χ3n) is 2.12. The predicted molar refractivity (Wildman–Crippen MR) is 65.8 cm³/mol. The zero-order valence-corrected chi connectivity index (χ0v) is 9.65. The normalized spacial score (nSPS) is 10.4. The fraction of sp³-hybridized carbons (Fsp3) is 0.0909. The van der Waals surface area contributed by atoms with Crippen LogP contribution in [-0.4, -0.2) is 4.92 Å². The van der Waals surface area contributed by atoms with Gasteiger partial charge in [0.15, 0.2) is 0 Å². The summed E-state index contributed by atoms with van der Waals surface area (Å²) in [6.45, 7) is 0. The van der Waals surface area contributed by atoms with Crippen LogP contribution in [0.4, 0.5) is 11.6 Å². The van der Waals surface area contributed by atoms with Crippen LogP contribution in [0.25, 0.3) is 0 Å². The molecular weight excluding hydrogens is 240 g/mol. The van der Waals surface area contributed by atoms with Gasteiger partial charge in [-0.1, -0.05) is 12.1 Å². The largest absolute Gasteiger partial charge is 0.433 e. The van der Waals surface area contributed by atoms with E-state index in [1.54, 1.807) is 6.07 Å². The van der Waals surface area contributed by atoms with Crippen molar-refractivity contribution in [1.29, 1.82) is 0 Å². The highest BCUT2D eigenvalue weighted by molar-refractivity contribution is 7.98. The van der Waals surface area contributed by atoms with Crippen molar-refractivity contribution >= 4 is 23.3 Å². The number of benzene rings is 1. The number of hydrogen-bond acceptors (Lipinski definition) is 5. The first-order chi connectivity index (χ1) is 8.16. The van der Waals surface area contributed by atoms with E-state index in [9.17, 15) is 10.1 Å². The summed E-state index contributed by atoms with van der Waals surface area (Å²) in [5.41, 5.74) is 6.47. The molecular formula is C11H10N2O3S. The van der Waals surface area contributed by atoms with E-state index in [1.807, 2.05) is 24.3 Å². The molecule has 0 spiro atoms. The van der Waals surface area contributed by atoms with Crippen molar-refractivity contribution in [3.8, 4) is 0 Å². The molecule has 0 saturated heterocycles. The number of nitrogens with two attached hydrogens (primary N) is 1. The number of nitro groups is 1. The van der Waals surface area contributed by atoms with Crippen molar-refractivity contribution in [2.24, 2.45) is 0 Å². The van der Waals surface area contributed by atoms with E-state index in [0.29, 0.717) is 17.2 Å². The van der Waals surface area contributed by atoms with Crippen molar-refractivity contribution in [3.63, 3.8) is 0 Å². The zero-order valence-electron chi connectivity index (χ0n) is 8.83. The minimum atomic E-state index is -0.551. The highest BCUT2D eigenvalue weighted by atomic mass is 32.2. The second kappa shape index (κ2) is 4.92. The summed E-state index contributed by atoms with van der Waals surface area (Å²) in [6, 6.07) is 10.4. The number of hydrogen-bond donors (Lipinski definition) is 1. The summed E-state index contributed by atoms with van der Waals surface area (Å²) >= 11 is 1.48. The lowest BCUT2D eigenvalue weighted by atomic mass is 10.3. The van der Waals surface area contributed by atoms with Crippen molar-refractivity contribution in [2.45, 2.75) is 10.6 Å². The van der Waals surface area contributed by atoms with Crippen molar-refractivity contribution in [3.05, 3.63) is 52.3 Å². The Morgan fingerprint density at radius 3 is 2.71 bits per heavy atom. The quantitative estimate of drug-likeness (QED) is 0.390. The first-order valence-electron chi connectivity index (χ1n) is 4.87. The molecule has 0 aliphatic heterocycles. The van der Waals surface area contributed by atoms with Crippen LogP contribution in [0.15, 0.2) is 45.7 Å². The number of para-hydroxylation sites is 1. The van der Waals surface area contributed by atoms with Gasteiger partial charge in [-0.2, -0.15) is 0 Å². The van der Waals surface area contributed by atoms with Crippen LogP contribution in [0.2, 0.25) is 0 Å². The van der Waals surface area contributed by atoms with Crippen molar-refractivity contribution < 1.29 is 9.34 Å². The summed E-state index contributed by atoms with van der Waals surface area (Å²) in [5.74, 6) is 0.841. The smallest absolute Gasteiger partial charge is 0.405 e. The van der Waals surface area contributed by atoms with E-state index in [0.717, 1.165) is 4.90 Å². The molecule has 0 atom stereocenters. The molecule has 0 aliphatic carbocycles. The lowest BCUT2D eigenvalue weighted by Crippen LogP contribution is -1.87. The predicted octanol–water partition coefficient (Wildman–Crippen LogP) is 3.06. The molecule has 1 aromatic carbocycles. The Hall–Kier alpha value is -1.95. The Morgan fingerprint density at radius 2 is 2.06 bits per heavy atom. The molecule has 0 radical (unpaired) electrons. The number of rotatable bonds is 4. The molecule has 0 bridgehead atoms. The van der Waals surface area contributed by atoms with Crippen LogP contribution < -0.4 is 5.73 Å². The van der Waals surface area contributed by atoms with Gasteiger partial charge in [-0.3, -0.25) is 10.1 Å². The average Bonchev–Trinajstić information content (AvgIpc) is 2.77. The van der Waals surface area contributed by atoms with Crippen LogP contribution in [0.1, 0.15) is 5.76 Å². The molecule has 6 heteroatoms. The molecule has 88 valence electrons. The summed E-state index contributed by atoms with van der Waals surface area (Å²) in [7, 11) is 0.